The maximum atomic E-state index is 11.6. The Hall–Kier alpha value is -1.49. The number of aromatic nitrogens is 1. The normalized spacial score (nSPS) is 11.8. The largest absolute Gasteiger partial charge is 0.361 e. The van der Waals surface area contributed by atoms with E-state index in [0.717, 1.165) is 10.9 Å². The van der Waals surface area contributed by atoms with Gasteiger partial charge in [-0.05, 0) is 30.0 Å². The van der Waals surface area contributed by atoms with Crippen LogP contribution in [0.1, 0.15) is 13.3 Å². The van der Waals surface area contributed by atoms with Crippen molar-refractivity contribution in [3.63, 3.8) is 0 Å². The molecule has 0 aliphatic rings. The summed E-state index contributed by atoms with van der Waals surface area (Å²) < 4.78 is 25.7. The van der Waals surface area contributed by atoms with Crippen molar-refractivity contribution in [1.82, 2.24) is 4.98 Å². The molecular formula is C11H14N2O2S. The third kappa shape index (κ3) is 2.36. The molecule has 4 nitrogen and oxygen atoms in total. The molecule has 1 aromatic carbocycles. The molecule has 16 heavy (non-hydrogen) atoms. The van der Waals surface area contributed by atoms with Gasteiger partial charge in [-0.2, -0.15) is 0 Å². The second-order valence-corrected chi connectivity index (χ2v) is 5.54. The SMILES string of the molecule is CCCS(=O)(=O)Nc1ccc2cc[nH]c2c1. The van der Waals surface area contributed by atoms with E-state index in [1.165, 1.54) is 0 Å². The molecule has 2 rings (SSSR count). The molecule has 0 atom stereocenters. The fourth-order valence-corrected chi connectivity index (χ4v) is 2.74. The average molecular weight is 238 g/mol. The highest BCUT2D eigenvalue weighted by Gasteiger charge is 2.08. The summed E-state index contributed by atoms with van der Waals surface area (Å²) in [5.74, 6) is 0.149. The van der Waals surface area contributed by atoms with E-state index in [9.17, 15) is 8.42 Å². The highest BCUT2D eigenvalue weighted by atomic mass is 32.2. The highest BCUT2D eigenvalue weighted by Crippen LogP contribution is 2.18. The minimum Gasteiger partial charge on any atom is -0.361 e. The van der Waals surface area contributed by atoms with E-state index >= 15 is 0 Å². The molecule has 2 aromatic rings. The lowest BCUT2D eigenvalue weighted by Gasteiger charge is -2.06. The van der Waals surface area contributed by atoms with Crippen molar-refractivity contribution in [1.29, 1.82) is 0 Å². The van der Waals surface area contributed by atoms with Gasteiger partial charge in [0.05, 0.1) is 11.4 Å². The molecule has 86 valence electrons. The van der Waals surface area contributed by atoms with Crippen LogP contribution in [-0.2, 0) is 10.0 Å². The zero-order valence-electron chi connectivity index (χ0n) is 9.03. The minimum atomic E-state index is -3.20. The molecule has 0 bridgehead atoms. The van der Waals surface area contributed by atoms with Crippen LogP contribution in [0.4, 0.5) is 5.69 Å². The molecule has 0 aliphatic heterocycles. The first kappa shape index (κ1) is 11.0. The lowest BCUT2D eigenvalue weighted by atomic mass is 10.2. The second-order valence-electron chi connectivity index (χ2n) is 3.70. The van der Waals surface area contributed by atoms with Crippen molar-refractivity contribution >= 4 is 26.6 Å². The molecule has 5 heteroatoms. The Balaban J connectivity index is 2.27. The predicted octanol–water partition coefficient (Wildman–Crippen LogP) is 2.32. The number of hydrogen-bond donors (Lipinski definition) is 2. The smallest absolute Gasteiger partial charge is 0.232 e. The van der Waals surface area contributed by atoms with Crippen LogP contribution in [-0.4, -0.2) is 19.2 Å². The van der Waals surface area contributed by atoms with E-state index in [4.69, 9.17) is 0 Å². The number of benzene rings is 1. The van der Waals surface area contributed by atoms with Crippen LogP contribution >= 0.6 is 0 Å². The van der Waals surface area contributed by atoms with Gasteiger partial charge in [-0.15, -0.1) is 0 Å². The fourth-order valence-electron chi connectivity index (χ4n) is 1.61. The van der Waals surface area contributed by atoms with Gasteiger partial charge in [0, 0.05) is 11.7 Å². The van der Waals surface area contributed by atoms with Crippen molar-refractivity contribution in [3.8, 4) is 0 Å². The summed E-state index contributed by atoms with van der Waals surface area (Å²) in [6, 6.07) is 7.39. The van der Waals surface area contributed by atoms with Gasteiger partial charge in [-0.25, -0.2) is 8.42 Å². The molecule has 0 amide bonds. The standard InChI is InChI=1S/C11H14N2O2S/c1-2-7-16(14,15)13-10-4-3-9-5-6-12-11(9)8-10/h3-6,8,12-13H,2,7H2,1H3. The Morgan fingerprint density at radius 1 is 1.31 bits per heavy atom. The number of nitrogens with one attached hydrogen (secondary N) is 2. The summed E-state index contributed by atoms with van der Waals surface area (Å²) in [6.45, 7) is 1.84. The van der Waals surface area contributed by atoms with E-state index in [2.05, 4.69) is 9.71 Å². The Labute approximate surface area is 94.7 Å². The summed E-state index contributed by atoms with van der Waals surface area (Å²) >= 11 is 0. The van der Waals surface area contributed by atoms with Crippen LogP contribution in [0.3, 0.4) is 0 Å². The fraction of sp³-hybridized carbons (Fsp3) is 0.273. The zero-order chi connectivity index (χ0) is 11.6. The van der Waals surface area contributed by atoms with Gasteiger partial charge in [-0.1, -0.05) is 13.0 Å². The number of rotatable bonds is 4. The van der Waals surface area contributed by atoms with Crippen molar-refractivity contribution in [2.45, 2.75) is 13.3 Å². The summed E-state index contributed by atoms with van der Waals surface area (Å²) in [6.07, 6.45) is 2.44. The molecular weight excluding hydrogens is 224 g/mol. The number of sulfonamides is 1. The van der Waals surface area contributed by atoms with Gasteiger partial charge >= 0.3 is 0 Å². The molecule has 0 fully saturated rings. The third-order valence-corrected chi connectivity index (χ3v) is 3.79. The predicted molar refractivity (Wildman–Crippen MR) is 66.0 cm³/mol. The molecule has 0 radical (unpaired) electrons. The number of H-pyrrole nitrogens is 1. The number of fused-ring (bicyclic) bond motifs is 1. The molecule has 0 unspecified atom stereocenters. The Kier molecular flexibility index (Phi) is 2.87. The van der Waals surface area contributed by atoms with Crippen molar-refractivity contribution in [2.75, 3.05) is 10.5 Å². The maximum absolute atomic E-state index is 11.6. The third-order valence-electron chi connectivity index (χ3n) is 2.30. The zero-order valence-corrected chi connectivity index (χ0v) is 9.84. The van der Waals surface area contributed by atoms with E-state index < -0.39 is 10.0 Å². The molecule has 2 N–H and O–H groups in total. The number of hydrogen-bond acceptors (Lipinski definition) is 2. The molecule has 0 saturated carbocycles. The molecule has 0 saturated heterocycles. The van der Waals surface area contributed by atoms with Crippen LogP contribution in [0.2, 0.25) is 0 Å². The maximum Gasteiger partial charge on any atom is 0.232 e. The summed E-state index contributed by atoms with van der Waals surface area (Å²) in [5.41, 5.74) is 1.53. The van der Waals surface area contributed by atoms with Crippen molar-refractivity contribution in [3.05, 3.63) is 30.5 Å². The molecule has 0 aliphatic carbocycles. The summed E-state index contributed by atoms with van der Waals surface area (Å²) in [7, 11) is -3.20. The van der Waals surface area contributed by atoms with Crippen LogP contribution < -0.4 is 4.72 Å². The number of aromatic amines is 1. The highest BCUT2D eigenvalue weighted by molar-refractivity contribution is 7.92. The van der Waals surface area contributed by atoms with E-state index in [1.807, 2.05) is 25.3 Å². The van der Waals surface area contributed by atoms with Crippen LogP contribution in [0, 0.1) is 0 Å². The Morgan fingerprint density at radius 2 is 2.12 bits per heavy atom. The van der Waals surface area contributed by atoms with Gasteiger partial charge in [-0.3, -0.25) is 4.72 Å². The average Bonchev–Trinajstić information content (AvgIpc) is 2.63. The molecule has 1 aromatic heterocycles. The first-order valence-corrected chi connectivity index (χ1v) is 6.83. The first-order chi connectivity index (χ1) is 7.61. The van der Waals surface area contributed by atoms with Gasteiger partial charge < -0.3 is 4.98 Å². The van der Waals surface area contributed by atoms with Gasteiger partial charge in [0.2, 0.25) is 10.0 Å². The molecule has 1 heterocycles. The van der Waals surface area contributed by atoms with E-state index in [-0.39, 0.29) is 5.75 Å². The lowest BCUT2D eigenvalue weighted by Crippen LogP contribution is -2.15. The first-order valence-electron chi connectivity index (χ1n) is 5.18. The van der Waals surface area contributed by atoms with Gasteiger partial charge in [0.1, 0.15) is 0 Å². The number of anilines is 1. The topological polar surface area (TPSA) is 62.0 Å². The van der Waals surface area contributed by atoms with Gasteiger partial charge in [0.25, 0.3) is 0 Å². The second kappa shape index (κ2) is 4.17. The minimum absolute atomic E-state index is 0.149. The Bertz CT molecular complexity index is 587. The lowest BCUT2D eigenvalue weighted by molar-refractivity contribution is 0.600. The van der Waals surface area contributed by atoms with E-state index in [1.54, 1.807) is 12.1 Å². The van der Waals surface area contributed by atoms with Crippen molar-refractivity contribution < 1.29 is 8.42 Å². The summed E-state index contributed by atoms with van der Waals surface area (Å²) in [4.78, 5) is 3.04. The Morgan fingerprint density at radius 3 is 2.88 bits per heavy atom. The van der Waals surface area contributed by atoms with Gasteiger partial charge in [0.15, 0.2) is 0 Å². The molecule has 0 spiro atoms. The quantitative estimate of drug-likeness (QED) is 0.858. The monoisotopic (exact) mass is 238 g/mol. The van der Waals surface area contributed by atoms with Crippen LogP contribution in [0.15, 0.2) is 30.5 Å². The van der Waals surface area contributed by atoms with E-state index in [0.29, 0.717) is 12.1 Å². The van der Waals surface area contributed by atoms with Crippen LogP contribution in [0.25, 0.3) is 10.9 Å². The summed E-state index contributed by atoms with van der Waals surface area (Å²) in [5, 5.41) is 1.07. The van der Waals surface area contributed by atoms with Crippen LogP contribution in [0.5, 0.6) is 0 Å². The van der Waals surface area contributed by atoms with Crippen molar-refractivity contribution in [2.24, 2.45) is 0 Å².